The van der Waals surface area contributed by atoms with Crippen LogP contribution in [0.4, 0.5) is 5.69 Å². The van der Waals surface area contributed by atoms with Gasteiger partial charge in [-0.3, -0.25) is 0 Å². The molecule has 1 aromatic carbocycles. The first-order chi connectivity index (χ1) is 8.49. The first kappa shape index (κ1) is 12.9. The number of hydrogen-bond donors (Lipinski definition) is 1. The van der Waals surface area contributed by atoms with E-state index < -0.39 is 18.0 Å². The molecule has 1 fully saturated rings. The van der Waals surface area contributed by atoms with Gasteiger partial charge in [-0.25, -0.2) is 9.59 Å². The first-order valence-electron chi connectivity index (χ1n) is 5.42. The molecule has 2 rings (SSSR count). The molecular weight excluding hydrogens is 302 g/mol. The topological polar surface area (TPSA) is 78.6 Å². The molecule has 1 heterocycles. The molecule has 0 amide bonds. The van der Waals surface area contributed by atoms with Crippen molar-refractivity contribution >= 4 is 33.6 Å². The van der Waals surface area contributed by atoms with Gasteiger partial charge in [-0.05, 0) is 24.6 Å². The fourth-order valence-corrected chi connectivity index (χ4v) is 2.16. The Morgan fingerprint density at radius 1 is 1.56 bits per heavy atom. The summed E-state index contributed by atoms with van der Waals surface area (Å²) in [5, 5.41) is 0. The van der Waals surface area contributed by atoms with Crippen molar-refractivity contribution in [2.24, 2.45) is 0 Å². The summed E-state index contributed by atoms with van der Waals surface area (Å²) in [6.07, 6.45) is -0.412. The molecule has 1 aromatic rings. The second kappa shape index (κ2) is 4.97. The van der Waals surface area contributed by atoms with Crippen LogP contribution in [-0.2, 0) is 14.3 Å². The van der Waals surface area contributed by atoms with Crippen molar-refractivity contribution in [3.05, 3.63) is 27.7 Å². The number of esters is 2. The third-order valence-corrected chi connectivity index (χ3v) is 3.23. The monoisotopic (exact) mass is 313 g/mol. The van der Waals surface area contributed by atoms with Crippen LogP contribution in [0.25, 0.3) is 0 Å². The van der Waals surface area contributed by atoms with E-state index in [0.717, 1.165) is 0 Å². The molecule has 0 bridgehead atoms. The molecule has 1 saturated heterocycles. The van der Waals surface area contributed by atoms with Gasteiger partial charge in [-0.1, -0.05) is 15.9 Å². The molecule has 0 radical (unpaired) electrons. The zero-order chi connectivity index (χ0) is 13.3. The number of ether oxygens (including phenoxy) is 2. The third-order valence-electron chi connectivity index (χ3n) is 2.77. The zero-order valence-electron chi connectivity index (χ0n) is 9.73. The largest absolute Gasteiger partial charge is 0.463 e. The summed E-state index contributed by atoms with van der Waals surface area (Å²) in [7, 11) is 0. The summed E-state index contributed by atoms with van der Waals surface area (Å²) in [5.41, 5.74) is 7.24. The van der Waals surface area contributed by atoms with Crippen molar-refractivity contribution in [2.45, 2.75) is 19.4 Å². The Morgan fingerprint density at radius 3 is 2.89 bits per heavy atom. The van der Waals surface area contributed by atoms with Gasteiger partial charge in [-0.15, -0.1) is 0 Å². The predicted octanol–water partition coefficient (Wildman–Crippen LogP) is 1.81. The highest BCUT2D eigenvalue weighted by molar-refractivity contribution is 9.10. The molecule has 0 saturated carbocycles. The molecular formula is C12H12BrNO4. The minimum absolute atomic E-state index is 0.288. The fraction of sp³-hybridized carbons (Fsp3) is 0.333. The molecule has 5 nitrogen and oxygen atoms in total. The molecule has 1 aliphatic heterocycles. The van der Waals surface area contributed by atoms with Crippen LogP contribution in [-0.4, -0.2) is 24.6 Å². The Bertz CT molecular complexity index is 515. The summed E-state index contributed by atoms with van der Waals surface area (Å²) in [4.78, 5) is 23.2. The van der Waals surface area contributed by atoms with Gasteiger partial charge in [0.05, 0.1) is 12.2 Å². The second-order valence-electron chi connectivity index (χ2n) is 4.02. The van der Waals surface area contributed by atoms with Gasteiger partial charge >= 0.3 is 11.9 Å². The SMILES string of the molecule is Cc1c(N)cc(Br)cc1C(=O)OC1CCOC1=O. The Labute approximate surface area is 112 Å². The van der Waals surface area contributed by atoms with Crippen molar-refractivity contribution < 1.29 is 19.1 Å². The third kappa shape index (κ3) is 2.48. The Morgan fingerprint density at radius 2 is 2.28 bits per heavy atom. The number of carbonyl (C=O) groups is 2. The number of benzene rings is 1. The van der Waals surface area contributed by atoms with Crippen molar-refractivity contribution in [1.82, 2.24) is 0 Å². The van der Waals surface area contributed by atoms with Gasteiger partial charge in [0.15, 0.2) is 0 Å². The Hall–Kier alpha value is -1.56. The van der Waals surface area contributed by atoms with E-state index in [4.69, 9.17) is 15.2 Å². The van der Waals surface area contributed by atoms with Gasteiger partial charge < -0.3 is 15.2 Å². The van der Waals surface area contributed by atoms with Gasteiger partial charge in [0.1, 0.15) is 0 Å². The highest BCUT2D eigenvalue weighted by atomic mass is 79.9. The molecule has 2 N–H and O–H groups in total. The maximum atomic E-state index is 12.0. The van der Waals surface area contributed by atoms with E-state index in [-0.39, 0.29) is 6.61 Å². The van der Waals surface area contributed by atoms with Crippen LogP contribution in [0.3, 0.4) is 0 Å². The van der Waals surface area contributed by atoms with Crippen LogP contribution in [0.1, 0.15) is 22.3 Å². The lowest BCUT2D eigenvalue weighted by molar-refractivity contribution is -0.145. The number of anilines is 1. The van der Waals surface area contributed by atoms with E-state index in [1.165, 1.54) is 0 Å². The smallest absolute Gasteiger partial charge is 0.347 e. The number of nitrogens with two attached hydrogens (primary N) is 1. The maximum Gasteiger partial charge on any atom is 0.347 e. The fourth-order valence-electron chi connectivity index (χ4n) is 1.69. The molecule has 96 valence electrons. The lowest BCUT2D eigenvalue weighted by atomic mass is 10.1. The van der Waals surface area contributed by atoms with Crippen LogP contribution in [0.5, 0.6) is 0 Å². The molecule has 0 aromatic heterocycles. The lowest BCUT2D eigenvalue weighted by Gasteiger charge is -2.11. The van der Waals surface area contributed by atoms with E-state index in [0.29, 0.717) is 27.7 Å². The van der Waals surface area contributed by atoms with E-state index in [1.807, 2.05) is 0 Å². The number of halogens is 1. The van der Waals surface area contributed by atoms with Crippen molar-refractivity contribution in [1.29, 1.82) is 0 Å². The van der Waals surface area contributed by atoms with Crippen LogP contribution in [0.2, 0.25) is 0 Å². The minimum atomic E-state index is -0.808. The van der Waals surface area contributed by atoms with Crippen molar-refractivity contribution in [3.63, 3.8) is 0 Å². The number of nitrogen functional groups attached to an aromatic ring is 1. The number of rotatable bonds is 2. The van der Waals surface area contributed by atoms with Gasteiger partial charge in [0.25, 0.3) is 0 Å². The lowest BCUT2D eigenvalue weighted by Crippen LogP contribution is -2.23. The molecule has 1 atom stereocenters. The molecule has 1 unspecified atom stereocenters. The number of cyclic esters (lactones) is 1. The Balaban J connectivity index is 2.21. The van der Waals surface area contributed by atoms with E-state index >= 15 is 0 Å². The van der Waals surface area contributed by atoms with Crippen LogP contribution in [0.15, 0.2) is 16.6 Å². The van der Waals surface area contributed by atoms with E-state index in [2.05, 4.69) is 15.9 Å². The molecule has 0 spiro atoms. The first-order valence-corrected chi connectivity index (χ1v) is 6.21. The highest BCUT2D eigenvalue weighted by Gasteiger charge is 2.31. The maximum absolute atomic E-state index is 12.0. The average molecular weight is 314 g/mol. The zero-order valence-corrected chi connectivity index (χ0v) is 11.3. The molecule has 0 aliphatic carbocycles. The van der Waals surface area contributed by atoms with E-state index in [1.54, 1.807) is 19.1 Å². The summed E-state index contributed by atoms with van der Waals surface area (Å²) in [6, 6.07) is 3.32. The number of hydrogen-bond acceptors (Lipinski definition) is 5. The summed E-state index contributed by atoms with van der Waals surface area (Å²) < 4.78 is 10.5. The summed E-state index contributed by atoms with van der Waals surface area (Å²) in [6.45, 7) is 2.02. The Kier molecular flexibility index (Phi) is 3.56. The van der Waals surface area contributed by atoms with Crippen molar-refractivity contribution in [3.8, 4) is 0 Å². The summed E-state index contributed by atoms with van der Waals surface area (Å²) in [5.74, 6) is -1.06. The van der Waals surface area contributed by atoms with Gasteiger partial charge in [0, 0.05) is 16.6 Å². The van der Waals surface area contributed by atoms with Crippen LogP contribution < -0.4 is 5.73 Å². The van der Waals surface area contributed by atoms with Gasteiger partial charge in [0.2, 0.25) is 6.10 Å². The molecule has 18 heavy (non-hydrogen) atoms. The number of carbonyl (C=O) groups excluding carboxylic acids is 2. The molecule has 1 aliphatic rings. The highest BCUT2D eigenvalue weighted by Crippen LogP contribution is 2.24. The van der Waals surface area contributed by atoms with E-state index in [9.17, 15) is 9.59 Å². The minimum Gasteiger partial charge on any atom is -0.463 e. The van der Waals surface area contributed by atoms with Crippen LogP contribution >= 0.6 is 15.9 Å². The quantitative estimate of drug-likeness (QED) is 0.665. The average Bonchev–Trinajstić information content (AvgIpc) is 2.69. The normalized spacial score (nSPS) is 18.6. The predicted molar refractivity (Wildman–Crippen MR) is 68.1 cm³/mol. The van der Waals surface area contributed by atoms with Gasteiger partial charge in [-0.2, -0.15) is 0 Å². The van der Waals surface area contributed by atoms with Crippen LogP contribution in [0, 0.1) is 6.92 Å². The second-order valence-corrected chi connectivity index (χ2v) is 4.93. The standard InChI is InChI=1S/C12H12BrNO4/c1-6-8(4-7(13)5-9(6)14)11(15)18-10-2-3-17-12(10)16/h4-5,10H,2-3,14H2,1H3. The molecule has 6 heteroatoms. The summed E-state index contributed by atoms with van der Waals surface area (Å²) >= 11 is 3.26. The van der Waals surface area contributed by atoms with Crippen molar-refractivity contribution in [2.75, 3.05) is 12.3 Å².